The van der Waals surface area contributed by atoms with E-state index < -0.39 is 5.97 Å². The molecule has 5 heteroatoms. The van der Waals surface area contributed by atoms with Crippen LogP contribution in [0.4, 0.5) is 0 Å². The number of aliphatic carboxylic acids is 1. The number of rotatable bonds is 7. The predicted molar refractivity (Wildman–Crippen MR) is 72.8 cm³/mol. The van der Waals surface area contributed by atoms with E-state index in [0.29, 0.717) is 13.1 Å². The van der Waals surface area contributed by atoms with E-state index in [4.69, 9.17) is 5.11 Å². The minimum absolute atomic E-state index is 0.00656. The second kappa shape index (κ2) is 7.53. The molecule has 0 fully saturated rings. The molecule has 1 aromatic carbocycles. The van der Waals surface area contributed by atoms with Crippen LogP contribution in [0.3, 0.4) is 0 Å². The van der Waals surface area contributed by atoms with Crippen molar-refractivity contribution in [3.8, 4) is 0 Å². The summed E-state index contributed by atoms with van der Waals surface area (Å²) < 4.78 is 0. The summed E-state index contributed by atoms with van der Waals surface area (Å²) in [7, 11) is 0. The molecule has 0 aliphatic rings. The SMILES string of the molecule is CCNC(=O)C(C)NCc1ccccc1CC(=O)O. The van der Waals surface area contributed by atoms with Gasteiger partial charge in [0.15, 0.2) is 0 Å². The van der Waals surface area contributed by atoms with Crippen LogP contribution in [-0.4, -0.2) is 29.6 Å². The van der Waals surface area contributed by atoms with E-state index >= 15 is 0 Å². The lowest BCUT2D eigenvalue weighted by Gasteiger charge is -2.14. The minimum Gasteiger partial charge on any atom is -0.481 e. The Morgan fingerprint density at radius 2 is 1.89 bits per heavy atom. The summed E-state index contributed by atoms with van der Waals surface area (Å²) in [4.78, 5) is 22.3. The molecule has 3 N–H and O–H groups in total. The Hall–Kier alpha value is -1.88. The fraction of sp³-hybridized carbons (Fsp3) is 0.429. The molecule has 0 aromatic heterocycles. The van der Waals surface area contributed by atoms with Gasteiger partial charge in [-0.3, -0.25) is 9.59 Å². The summed E-state index contributed by atoms with van der Waals surface area (Å²) in [5.74, 6) is -0.914. The highest BCUT2D eigenvalue weighted by molar-refractivity contribution is 5.81. The molecule has 1 aromatic rings. The molecule has 0 spiro atoms. The molecule has 0 radical (unpaired) electrons. The number of amides is 1. The van der Waals surface area contributed by atoms with E-state index in [1.165, 1.54) is 0 Å². The Morgan fingerprint density at radius 3 is 2.47 bits per heavy atom. The second-order valence-corrected chi connectivity index (χ2v) is 4.34. The Bertz CT molecular complexity index is 446. The van der Waals surface area contributed by atoms with E-state index in [1.54, 1.807) is 13.0 Å². The Kier molecular flexibility index (Phi) is 6.02. The number of benzene rings is 1. The van der Waals surface area contributed by atoms with Crippen molar-refractivity contribution in [2.24, 2.45) is 0 Å². The van der Waals surface area contributed by atoms with E-state index in [-0.39, 0.29) is 18.4 Å². The second-order valence-electron chi connectivity index (χ2n) is 4.34. The molecule has 0 aliphatic carbocycles. The fourth-order valence-corrected chi connectivity index (χ4v) is 1.75. The number of carboxylic acids is 1. The first-order chi connectivity index (χ1) is 9.04. The lowest BCUT2D eigenvalue weighted by molar-refractivity contribution is -0.136. The molecule has 1 atom stereocenters. The van der Waals surface area contributed by atoms with Gasteiger partial charge in [-0.05, 0) is 25.0 Å². The Labute approximate surface area is 113 Å². The molecule has 1 unspecified atom stereocenters. The highest BCUT2D eigenvalue weighted by Gasteiger charge is 2.12. The number of carbonyl (C=O) groups is 2. The monoisotopic (exact) mass is 264 g/mol. The average Bonchev–Trinajstić information content (AvgIpc) is 2.37. The van der Waals surface area contributed by atoms with Crippen molar-refractivity contribution in [3.05, 3.63) is 35.4 Å². The summed E-state index contributed by atoms with van der Waals surface area (Å²) in [5, 5.41) is 14.7. The van der Waals surface area contributed by atoms with Crippen molar-refractivity contribution in [1.82, 2.24) is 10.6 Å². The maximum Gasteiger partial charge on any atom is 0.307 e. The van der Waals surface area contributed by atoms with Gasteiger partial charge < -0.3 is 15.7 Å². The zero-order valence-corrected chi connectivity index (χ0v) is 11.3. The van der Waals surface area contributed by atoms with Gasteiger partial charge >= 0.3 is 5.97 Å². The zero-order chi connectivity index (χ0) is 14.3. The first-order valence-corrected chi connectivity index (χ1v) is 6.34. The Balaban J connectivity index is 2.62. The van der Waals surface area contributed by atoms with Crippen LogP contribution in [0, 0.1) is 0 Å². The van der Waals surface area contributed by atoms with Crippen molar-refractivity contribution in [1.29, 1.82) is 0 Å². The van der Waals surface area contributed by atoms with Gasteiger partial charge in [-0.1, -0.05) is 24.3 Å². The Morgan fingerprint density at radius 1 is 1.26 bits per heavy atom. The van der Waals surface area contributed by atoms with Gasteiger partial charge in [0, 0.05) is 13.1 Å². The smallest absolute Gasteiger partial charge is 0.307 e. The molecule has 0 bridgehead atoms. The van der Waals surface area contributed by atoms with E-state index in [0.717, 1.165) is 11.1 Å². The van der Waals surface area contributed by atoms with Crippen LogP contribution in [0.1, 0.15) is 25.0 Å². The van der Waals surface area contributed by atoms with Crippen molar-refractivity contribution in [2.45, 2.75) is 32.9 Å². The number of hydrogen-bond acceptors (Lipinski definition) is 3. The van der Waals surface area contributed by atoms with E-state index in [1.807, 2.05) is 25.1 Å². The quantitative estimate of drug-likeness (QED) is 0.684. The van der Waals surface area contributed by atoms with Gasteiger partial charge in [0.2, 0.25) is 5.91 Å². The molecule has 19 heavy (non-hydrogen) atoms. The number of nitrogens with one attached hydrogen (secondary N) is 2. The summed E-state index contributed by atoms with van der Waals surface area (Å²) in [6, 6.07) is 7.03. The van der Waals surface area contributed by atoms with Crippen molar-refractivity contribution in [2.75, 3.05) is 6.54 Å². The maximum absolute atomic E-state index is 11.6. The number of hydrogen-bond donors (Lipinski definition) is 3. The summed E-state index contributed by atoms with van der Waals surface area (Å²) in [5.41, 5.74) is 1.67. The first kappa shape index (κ1) is 15.2. The topological polar surface area (TPSA) is 78.4 Å². The summed E-state index contributed by atoms with van der Waals surface area (Å²) in [6.45, 7) is 4.72. The molecule has 0 aliphatic heterocycles. The van der Waals surface area contributed by atoms with Crippen LogP contribution in [-0.2, 0) is 22.6 Å². The fourth-order valence-electron chi connectivity index (χ4n) is 1.75. The molecule has 5 nitrogen and oxygen atoms in total. The highest BCUT2D eigenvalue weighted by Crippen LogP contribution is 2.09. The van der Waals surface area contributed by atoms with Crippen LogP contribution in [0.25, 0.3) is 0 Å². The lowest BCUT2D eigenvalue weighted by Crippen LogP contribution is -2.41. The van der Waals surface area contributed by atoms with Gasteiger partial charge in [-0.2, -0.15) is 0 Å². The molecule has 1 rings (SSSR count). The molecule has 0 saturated carbocycles. The van der Waals surface area contributed by atoms with Gasteiger partial charge in [0.05, 0.1) is 12.5 Å². The third-order valence-electron chi connectivity index (χ3n) is 2.80. The van der Waals surface area contributed by atoms with Gasteiger partial charge in [0.25, 0.3) is 0 Å². The number of likely N-dealkylation sites (N-methyl/N-ethyl adjacent to an activating group) is 1. The van der Waals surface area contributed by atoms with Crippen molar-refractivity contribution < 1.29 is 14.7 Å². The van der Waals surface area contributed by atoms with Crippen molar-refractivity contribution >= 4 is 11.9 Å². The number of carboxylic acid groups (broad SMARTS) is 1. The van der Waals surface area contributed by atoms with Crippen LogP contribution in [0.15, 0.2) is 24.3 Å². The van der Waals surface area contributed by atoms with E-state index in [2.05, 4.69) is 10.6 Å². The summed E-state index contributed by atoms with van der Waals surface area (Å²) >= 11 is 0. The number of carbonyl (C=O) groups excluding carboxylic acids is 1. The largest absolute Gasteiger partial charge is 0.481 e. The van der Waals surface area contributed by atoms with Crippen LogP contribution >= 0.6 is 0 Å². The van der Waals surface area contributed by atoms with Crippen LogP contribution < -0.4 is 10.6 Å². The molecular formula is C14H20N2O3. The molecule has 104 valence electrons. The summed E-state index contributed by atoms with van der Waals surface area (Å²) in [6.07, 6.45) is -0.00656. The standard InChI is InChI=1S/C14H20N2O3/c1-3-15-14(19)10(2)16-9-12-7-5-4-6-11(12)8-13(17)18/h4-7,10,16H,3,8-9H2,1-2H3,(H,15,19)(H,17,18). The lowest BCUT2D eigenvalue weighted by atomic mass is 10.0. The van der Waals surface area contributed by atoms with Crippen LogP contribution in [0.2, 0.25) is 0 Å². The van der Waals surface area contributed by atoms with Gasteiger partial charge in [-0.25, -0.2) is 0 Å². The van der Waals surface area contributed by atoms with Crippen LogP contribution in [0.5, 0.6) is 0 Å². The predicted octanol–water partition coefficient (Wildman–Crippen LogP) is 0.928. The van der Waals surface area contributed by atoms with Crippen molar-refractivity contribution in [3.63, 3.8) is 0 Å². The first-order valence-electron chi connectivity index (χ1n) is 6.34. The third-order valence-corrected chi connectivity index (χ3v) is 2.80. The van der Waals surface area contributed by atoms with Gasteiger partial charge in [0.1, 0.15) is 0 Å². The highest BCUT2D eigenvalue weighted by atomic mass is 16.4. The van der Waals surface area contributed by atoms with E-state index in [9.17, 15) is 9.59 Å². The average molecular weight is 264 g/mol. The third kappa shape index (κ3) is 5.09. The molecular weight excluding hydrogens is 244 g/mol. The zero-order valence-electron chi connectivity index (χ0n) is 11.3. The molecule has 0 heterocycles. The minimum atomic E-state index is -0.857. The van der Waals surface area contributed by atoms with Gasteiger partial charge in [-0.15, -0.1) is 0 Å². The molecule has 0 saturated heterocycles. The maximum atomic E-state index is 11.6. The normalized spacial score (nSPS) is 11.9. The molecule has 1 amide bonds.